The van der Waals surface area contributed by atoms with Crippen LogP contribution >= 0.6 is 0 Å². The summed E-state index contributed by atoms with van der Waals surface area (Å²) < 4.78 is 8.92. The lowest BCUT2D eigenvalue weighted by Crippen LogP contribution is -2.32. The van der Waals surface area contributed by atoms with Crippen LogP contribution in [0.25, 0.3) is 88.5 Å². The molecule has 1 aliphatic carbocycles. The van der Waals surface area contributed by atoms with Crippen molar-refractivity contribution in [2.24, 2.45) is 0 Å². The van der Waals surface area contributed by atoms with Crippen LogP contribution in [0.4, 0.5) is 0 Å². The molecule has 0 radical (unpaired) electrons. The third kappa shape index (κ3) is 4.81. The van der Waals surface area contributed by atoms with Crippen LogP contribution in [0, 0.1) is 0 Å². The highest BCUT2D eigenvalue weighted by molar-refractivity contribution is 6.16. The van der Waals surface area contributed by atoms with Gasteiger partial charge in [0.2, 0.25) is 0 Å². The number of benzene rings is 5. The molecule has 9 aromatic rings. The van der Waals surface area contributed by atoms with Crippen molar-refractivity contribution in [3.05, 3.63) is 146 Å². The second kappa shape index (κ2) is 11.8. The summed E-state index contributed by atoms with van der Waals surface area (Å²) >= 11 is 0. The van der Waals surface area contributed by atoms with Gasteiger partial charge in [0, 0.05) is 56.1 Å². The van der Waals surface area contributed by atoms with Gasteiger partial charge in [-0.2, -0.15) is 0 Å². The molecule has 0 N–H and O–H groups in total. The van der Waals surface area contributed by atoms with E-state index in [0.717, 1.165) is 55.6 Å². The Kier molecular flexibility index (Phi) is 6.92. The van der Waals surface area contributed by atoms with Crippen LogP contribution in [0.3, 0.4) is 0 Å². The van der Waals surface area contributed by atoms with E-state index >= 15 is 0 Å². The lowest BCUT2D eigenvalue weighted by atomic mass is 9.83. The van der Waals surface area contributed by atoms with Crippen molar-refractivity contribution in [2.45, 2.75) is 44.6 Å². The molecule has 246 valence electrons. The van der Waals surface area contributed by atoms with Gasteiger partial charge in [-0.3, -0.25) is 9.97 Å². The molecule has 0 spiro atoms. The minimum Gasteiger partial charge on any atom is -0.456 e. The van der Waals surface area contributed by atoms with Crippen LogP contribution < -0.4 is 0 Å². The molecule has 4 heteroatoms. The molecule has 0 amide bonds. The lowest BCUT2D eigenvalue weighted by molar-refractivity contribution is 0.232. The van der Waals surface area contributed by atoms with Crippen LogP contribution in [0.2, 0.25) is 0 Å². The average molecular weight is 660 g/mol. The van der Waals surface area contributed by atoms with Gasteiger partial charge >= 0.3 is 0 Å². The topological polar surface area (TPSA) is 43.9 Å². The van der Waals surface area contributed by atoms with E-state index < -0.39 is 0 Å². The number of nitrogens with zero attached hydrogens (tertiary/aromatic N) is 3. The second-order valence-corrected chi connectivity index (χ2v) is 14.3. The van der Waals surface area contributed by atoms with Gasteiger partial charge in [-0.05, 0) is 90.6 Å². The van der Waals surface area contributed by atoms with Gasteiger partial charge in [0.1, 0.15) is 11.2 Å². The van der Waals surface area contributed by atoms with E-state index in [-0.39, 0.29) is 5.54 Å². The standard InChI is InChI=1S/C47H37N3O/c1-47(25-8-2-9-26-47)50-40-23-22-32(34-15-3-4-16-36(34)39-19-7-10-27-48-39)30-38(40)45-41(50)24-28-49-46(45)33-14-11-13-31(29-33)35-18-12-21-43-44(35)37-17-5-6-20-42(37)51-43/h3-7,10-24,27-30H,2,8-9,25-26H2,1H3. The van der Waals surface area contributed by atoms with E-state index in [1.807, 2.05) is 30.6 Å². The quantitative estimate of drug-likeness (QED) is 0.185. The van der Waals surface area contributed by atoms with Crippen LogP contribution in [0.15, 0.2) is 150 Å². The number of rotatable bonds is 5. The SMILES string of the molecule is CC1(n2c3ccc(-c4ccccc4-c4ccccn4)cc3c3c(-c4cccc(-c5cccc6oc7ccccc7c56)c4)nccc32)CCCCC1. The Morgan fingerprint density at radius 1 is 0.529 bits per heavy atom. The maximum absolute atomic E-state index is 6.27. The zero-order valence-electron chi connectivity index (χ0n) is 28.6. The summed E-state index contributed by atoms with van der Waals surface area (Å²) in [4.78, 5) is 9.89. The molecule has 1 aliphatic rings. The van der Waals surface area contributed by atoms with Gasteiger partial charge in [0.15, 0.2) is 0 Å². The van der Waals surface area contributed by atoms with Crippen LogP contribution in [0.5, 0.6) is 0 Å². The van der Waals surface area contributed by atoms with Gasteiger partial charge in [0.25, 0.3) is 0 Å². The zero-order valence-corrected chi connectivity index (χ0v) is 28.6. The molecule has 5 aromatic carbocycles. The van der Waals surface area contributed by atoms with E-state index in [0.29, 0.717) is 0 Å². The second-order valence-electron chi connectivity index (χ2n) is 14.3. The number of para-hydroxylation sites is 1. The average Bonchev–Trinajstić information content (AvgIpc) is 3.75. The largest absolute Gasteiger partial charge is 0.456 e. The zero-order chi connectivity index (χ0) is 33.9. The molecule has 1 fully saturated rings. The summed E-state index contributed by atoms with van der Waals surface area (Å²) in [5.41, 5.74) is 13.3. The minimum absolute atomic E-state index is 0.0318. The Labute approximate surface area is 297 Å². The molecule has 1 saturated carbocycles. The van der Waals surface area contributed by atoms with E-state index in [1.54, 1.807) is 0 Å². The van der Waals surface area contributed by atoms with Crippen molar-refractivity contribution in [2.75, 3.05) is 0 Å². The van der Waals surface area contributed by atoms with Gasteiger partial charge in [-0.15, -0.1) is 0 Å². The van der Waals surface area contributed by atoms with Crippen molar-refractivity contribution in [1.29, 1.82) is 0 Å². The maximum Gasteiger partial charge on any atom is 0.136 e. The Morgan fingerprint density at radius 2 is 1.27 bits per heavy atom. The first-order valence-electron chi connectivity index (χ1n) is 18.1. The minimum atomic E-state index is 0.0318. The summed E-state index contributed by atoms with van der Waals surface area (Å²) in [7, 11) is 0. The third-order valence-electron chi connectivity index (χ3n) is 11.2. The molecule has 0 aliphatic heterocycles. The molecule has 0 unspecified atom stereocenters. The van der Waals surface area contributed by atoms with Crippen LogP contribution in [-0.2, 0) is 5.54 Å². The Balaban J connectivity index is 1.22. The van der Waals surface area contributed by atoms with Crippen molar-refractivity contribution in [1.82, 2.24) is 14.5 Å². The van der Waals surface area contributed by atoms with Crippen molar-refractivity contribution < 1.29 is 4.42 Å². The fourth-order valence-corrected chi connectivity index (χ4v) is 8.80. The molecule has 4 heterocycles. The monoisotopic (exact) mass is 659 g/mol. The lowest BCUT2D eigenvalue weighted by Gasteiger charge is -2.37. The molecule has 51 heavy (non-hydrogen) atoms. The molecule has 4 nitrogen and oxygen atoms in total. The summed E-state index contributed by atoms with van der Waals surface area (Å²) in [5, 5.41) is 4.73. The Bertz CT molecular complexity index is 2750. The van der Waals surface area contributed by atoms with E-state index in [9.17, 15) is 0 Å². The van der Waals surface area contributed by atoms with Gasteiger partial charge in [-0.1, -0.05) is 104 Å². The van der Waals surface area contributed by atoms with E-state index in [1.165, 1.54) is 65.0 Å². The molecule has 0 atom stereocenters. The van der Waals surface area contributed by atoms with E-state index in [4.69, 9.17) is 14.4 Å². The van der Waals surface area contributed by atoms with Crippen LogP contribution in [0.1, 0.15) is 39.0 Å². The number of hydrogen-bond donors (Lipinski definition) is 0. The molecule has 4 aromatic heterocycles. The maximum atomic E-state index is 6.27. The predicted molar refractivity (Wildman–Crippen MR) is 211 cm³/mol. The molecular weight excluding hydrogens is 623 g/mol. The van der Waals surface area contributed by atoms with Crippen molar-refractivity contribution in [3.8, 4) is 44.8 Å². The molecule has 10 rings (SSSR count). The highest BCUT2D eigenvalue weighted by Gasteiger charge is 2.32. The first-order chi connectivity index (χ1) is 25.2. The van der Waals surface area contributed by atoms with Gasteiger partial charge < -0.3 is 8.98 Å². The van der Waals surface area contributed by atoms with Crippen LogP contribution in [-0.4, -0.2) is 14.5 Å². The highest BCUT2D eigenvalue weighted by atomic mass is 16.3. The van der Waals surface area contributed by atoms with E-state index in [2.05, 4.69) is 127 Å². The summed E-state index contributed by atoms with van der Waals surface area (Å²) in [6.45, 7) is 2.46. The normalized spacial score (nSPS) is 14.5. The fraction of sp³-hybridized carbons (Fsp3) is 0.149. The van der Waals surface area contributed by atoms with Gasteiger partial charge in [0.05, 0.1) is 16.9 Å². The smallest absolute Gasteiger partial charge is 0.136 e. The number of aromatic nitrogens is 3. The molecular formula is C47H37N3O. The number of fused-ring (bicyclic) bond motifs is 6. The summed E-state index contributed by atoms with van der Waals surface area (Å²) in [6, 6.07) is 47.6. The first-order valence-corrected chi connectivity index (χ1v) is 18.1. The highest BCUT2D eigenvalue weighted by Crippen LogP contribution is 2.46. The Hall–Kier alpha value is -6.00. The molecule has 0 saturated heterocycles. The summed E-state index contributed by atoms with van der Waals surface area (Å²) in [5.74, 6) is 0. The number of pyridine rings is 2. The number of furan rings is 1. The number of hydrogen-bond acceptors (Lipinski definition) is 3. The molecule has 0 bridgehead atoms. The Morgan fingerprint density at radius 3 is 2.16 bits per heavy atom. The summed E-state index contributed by atoms with van der Waals surface area (Å²) in [6.07, 6.45) is 10.0. The van der Waals surface area contributed by atoms with Gasteiger partial charge in [-0.25, -0.2) is 0 Å². The third-order valence-corrected chi connectivity index (χ3v) is 11.2. The first kappa shape index (κ1) is 29.9. The van der Waals surface area contributed by atoms with Crippen molar-refractivity contribution >= 4 is 43.7 Å². The van der Waals surface area contributed by atoms with Crippen molar-refractivity contribution in [3.63, 3.8) is 0 Å². The fourth-order valence-electron chi connectivity index (χ4n) is 8.80. The predicted octanol–water partition coefficient (Wildman–Crippen LogP) is 12.8.